The van der Waals surface area contributed by atoms with Crippen LogP contribution in [0.2, 0.25) is 0 Å². The molecule has 2 nitrogen and oxygen atoms in total. The highest BCUT2D eigenvalue weighted by molar-refractivity contribution is 5.85. The number of para-hydroxylation sites is 3. The first-order valence-electron chi connectivity index (χ1n) is 8.09. The van der Waals surface area contributed by atoms with Gasteiger partial charge < -0.3 is 0 Å². The lowest BCUT2D eigenvalue weighted by atomic mass is 10.1. The van der Waals surface area contributed by atoms with E-state index in [-0.39, 0.29) is 0 Å². The van der Waals surface area contributed by atoms with Gasteiger partial charge in [-0.1, -0.05) is 60.7 Å². The minimum Gasteiger partial charge on any atom is -0.293 e. The van der Waals surface area contributed by atoms with Gasteiger partial charge in [0.1, 0.15) is 5.82 Å². The molecule has 116 valence electrons. The Labute approximate surface area is 141 Å². The molecule has 0 amide bonds. The lowest BCUT2D eigenvalue weighted by molar-refractivity contribution is 1.07. The fourth-order valence-corrected chi connectivity index (χ4v) is 2.97. The summed E-state index contributed by atoms with van der Waals surface area (Å²) in [5.41, 5.74) is 5.66. The number of allylic oxidation sites excluding steroid dienone is 1. The van der Waals surface area contributed by atoms with Crippen LogP contribution in [-0.4, -0.2) is 9.55 Å². The first kappa shape index (κ1) is 14.5. The number of imidazole rings is 1. The van der Waals surface area contributed by atoms with Crippen LogP contribution in [0.15, 0.2) is 84.9 Å². The summed E-state index contributed by atoms with van der Waals surface area (Å²) in [6, 6.07) is 29.1. The molecule has 0 saturated heterocycles. The molecule has 24 heavy (non-hydrogen) atoms. The van der Waals surface area contributed by atoms with Crippen molar-refractivity contribution in [3.63, 3.8) is 0 Å². The van der Waals surface area contributed by atoms with Crippen molar-refractivity contribution in [3.05, 3.63) is 96.3 Å². The summed E-state index contributed by atoms with van der Waals surface area (Å²) in [4.78, 5) is 4.84. The van der Waals surface area contributed by atoms with Gasteiger partial charge in [0, 0.05) is 5.69 Å². The maximum absolute atomic E-state index is 4.84. The van der Waals surface area contributed by atoms with Crippen LogP contribution < -0.4 is 0 Å². The Morgan fingerprint density at radius 3 is 2.17 bits per heavy atom. The molecule has 0 bridgehead atoms. The van der Waals surface area contributed by atoms with Crippen LogP contribution in [0.4, 0.5) is 0 Å². The van der Waals surface area contributed by atoms with Crippen molar-refractivity contribution in [2.75, 3.05) is 0 Å². The smallest absolute Gasteiger partial charge is 0.138 e. The first-order chi connectivity index (χ1) is 11.8. The normalized spacial score (nSPS) is 11.8. The van der Waals surface area contributed by atoms with Crippen LogP contribution in [-0.2, 0) is 0 Å². The van der Waals surface area contributed by atoms with E-state index in [4.69, 9.17) is 4.98 Å². The second-order valence-corrected chi connectivity index (χ2v) is 5.82. The van der Waals surface area contributed by atoms with Gasteiger partial charge >= 0.3 is 0 Å². The molecule has 1 aromatic heterocycles. The molecule has 3 aromatic carbocycles. The minimum absolute atomic E-state index is 0.948. The highest BCUT2D eigenvalue weighted by Gasteiger charge is 2.10. The molecule has 2 heteroatoms. The van der Waals surface area contributed by atoms with Crippen LogP contribution in [0, 0.1) is 0 Å². The molecular formula is C22H18N2. The van der Waals surface area contributed by atoms with E-state index in [9.17, 15) is 0 Å². The molecule has 0 spiro atoms. The average molecular weight is 310 g/mol. The van der Waals surface area contributed by atoms with Gasteiger partial charge in [-0.2, -0.15) is 0 Å². The highest BCUT2D eigenvalue weighted by atomic mass is 15.1. The largest absolute Gasteiger partial charge is 0.293 e. The summed E-state index contributed by atoms with van der Waals surface area (Å²) in [5.74, 6) is 0.948. The molecular weight excluding hydrogens is 292 g/mol. The van der Waals surface area contributed by atoms with E-state index in [1.807, 2.05) is 18.2 Å². The third-order valence-corrected chi connectivity index (χ3v) is 4.18. The number of aromatic nitrogens is 2. The van der Waals surface area contributed by atoms with Crippen molar-refractivity contribution in [2.45, 2.75) is 6.92 Å². The number of benzene rings is 3. The highest BCUT2D eigenvalue weighted by Crippen LogP contribution is 2.25. The predicted molar refractivity (Wildman–Crippen MR) is 101 cm³/mol. The van der Waals surface area contributed by atoms with Gasteiger partial charge in [-0.3, -0.25) is 4.57 Å². The summed E-state index contributed by atoms with van der Waals surface area (Å²) >= 11 is 0. The van der Waals surface area contributed by atoms with Crippen molar-refractivity contribution >= 4 is 22.7 Å². The second kappa shape index (κ2) is 6.17. The van der Waals surface area contributed by atoms with Crippen molar-refractivity contribution in [1.82, 2.24) is 9.55 Å². The third-order valence-electron chi connectivity index (χ3n) is 4.18. The topological polar surface area (TPSA) is 17.8 Å². The third kappa shape index (κ3) is 2.63. The average Bonchev–Trinajstić information content (AvgIpc) is 3.01. The maximum Gasteiger partial charge on any atom is 0.138 e. The summed E-state index contributed by atoms with van der Waals surface area (Å²) < 4.78 is 2.21. The number of nitrogens with zero attached hydrogens (tertiary/aromatic N) is 2. The molecule has 0 aliphatic heterocycles. The van der Waals surface area contributed by atoms with Crippen molar-refractivity contribution in [1.29, 1.82) is 0 Å². The molecule has 0 atom stereocenters. The van der Waals surface area contributed by atoms with Crippen LogP contribution in [0.5, 0.6) is 0 Å². The predicted octanol–water partition coefficient (Wildman–Crippen LogP) is 5.59. The molecule has 4 aromatic rings. The van der Waals surface area contributed by atoms with Crippen molar-refractivity contribution < 1.29 is 0 Å². The quantitative estimate of drug-likeness (QED) is 0.482. The Balaban J connectivity index is 1.93. The number of fused-ring (bicyclic) bond motifs is 1. The van der Waals surface area contributed by atoms with Crippen LogP contribution in [0.1, 0.15) is 18.3 Å². The Morgan fingerprint density at radius 1 is 0.792 bits per heavy atom. The van der Waals surface area contributed by atoms with E-state index in [0.29, 0.717) is 0 Å². The zero-order valence-corrected chi connectivity index (χ0v) is 13.6. The minimum atomic E-state index is 0.948. The summed E-state index contributed by atoms with van der Waals surface area (Å²) in [6.07, 6.45) is 2.16. The van der Waals surface area contributed by atoms with Gasteiger partial charge in [-0.05, 0) is 48.4 Å². The van der Waals surface area contributed by atoms with Gasteiger partial charge in [-0.15, -0.1) is 0 Å². The van der Waals surface area contributed by atoms with Gasteiger partial charge in [0.25, 0.3) is 0 Å². The number of hydrogen-bond acceptors (Lipinski definition) is 1. The van der Waals surface area contributed by atoms with Crippen LogP contribution in [0.25, 0.3) is 28.4 Å². The molecule has 0 aliphatic carbocycles. The molecule has 0 saturated carbocycles. The lowest BCUT2D eigenvalue weighted by Gasteiger charge is -2.08. The first-order valence-corrected chi connectivity index (χ1v) is 8.09. The Morgan fingerprint density at radius 2 is 1.42 bits per heavy atom. The standard InChI is InChI=1S/C22H18N2/c1-17(18-10-4-2-5-11-18)16-22-23-20-14-8-9-15-21(20)24(22)19-12-6-3-7-13-19/h2-16H,1H3. The number of hydrogen-bond donors (Lipinski definition) is 0. The molecule has 0 fully saturated rings. The monoisotopic (exact) mass is 310 g/mol. The molecule has 0 radical (unpaired) electrons. The van der Waals surface area contributed by atoms with Crippen molar-refractivity contribution in [2.24, 2.45) is 0 Å². The van der Waals surface area contributed by atoms with E-state index >= 15 is 0 Å². The lowest BCUT2D eigenvalue weighted by Crippen LogP contribution is -1.97. The molecule has 0 N–H and O–H groups in total. The zero-order valence-electron chi connectivity index (χ0n) is 13.6. The van der Waals surface area contributed by atoms with E-state index in [1.165, 1.54) is 11.1 Å². The molecule has 0 aliphatic rings. The second-order valence-electron chi connectivity index (χ2n) is 5.82. The summed E-state index contributed by atoms with van der Waals surface area (Å²) in [7, 11) is 0. The molecule has 0 unspecified atom stereocenters. The Hall–Kier alpha value is -3.13. The SMILES string of the molecule is CC(=Cc1nc2ccccc2n1-c1ccccc1)c1ccccc1. The number of rotatable bonds is 3. The van der Waals surface area contributed by atoms with Crippen LogP contribution in [0.3, 0.4) is 0 Å². The van der Waals surface area contributed by atoms with Gasteiger partial charge in [0.15, 0.2) is 0 Å². The summed E-state index contributed by atoms with van der Waals surface area (Å²) in [5, 5.41) is 0. The Bertz CT molecular complexity index is 996. The van der Waals surface area contributed by atoms with Crippen molar-refractivity contribution in [3.8, 4) is 5.69 Å². The fraction of sp³-hybridized carbons (Fsp3) is 0.0455. The molecule has 4 rings (SSSR count). The van der Waals surface area contributed by atoms with Gasteiger partial charge in [0.2, 0.25) is 0 Å². The zero-order chi connectivity index (χ0) is 16.4. The van der Waals surface area contributed by atoms with Gasteiger partial charge in [-0.25, -0.2) is 4.98 Å². The maximum atomic E-state index is 4.84. The fourth-order valence-electron chi connectivity index (χ4n) is 2.97. The van der Waals surface area contributed by atoms with Gasteiger partial charge in [0.05, 0.1) is 11.0 Å². The van der Waals surface area contributed by atoms with E-state index in [1.54, 1.807) is 0 Å². The summed E-state index contributed by atoms with van der Waals surface area (Å²) in [6.45, 7) is 2.13. The molecule has 1 heterocycles. The van der Waals surface area contributed by atoms with E-state index in [2.05, 4.69) is 84.3 Å². The Kier molecular flexibility index (Phi) is 3.72. The van der Waals surface area contributed by atoms with Crippen LogP contribution >= 0.6 is 0 Å². The van der Waals surface area contributed by atoms with E-state index in [0.717, 1.165) is 22.5 Å². The van der Waals surface area contributed by atoms with E-state index < -0.39 is 0 Å².